The van der Waals surface area contributed by atoms with E-state index in [-0.39, 0.29) is 24.0 Å². The van der Waals surface area contributed by atoms with Gasteiger partial charge in [-0.05, 0) is 24.3 Å². The third-order valence-corrected chi connectivity index (χ3v) is 1.61. The lowest BCUT2D eigenvalue weighted by molar-refractivity contribution is 0.356. The zero-order valence-electron chi connectivity index (χ0n) is 7.96. The molecule has 1 aromatic rings. The summed E-state index contributed by atoms with van der Waals surface area (Å²) in [6.45, 7) is -0.369. The molecule has 0 aliphatic carbocycles. The summed E-state index contributed by atoms with van der Waals surface area (Å²) in [4.78, 5) is 0. The van der Waals surface area contributed by atoms with Crippen LogP contribution in [0.15, 0.2) is 34.5 Å². The Hall–Kier alpha value is -2.08. The minimum Gasteiger partial charge on any atom is -0.508 e. The number of nitrogens with zero attached hydrogens (tertiary/aromatic N) is 2. The Morgan fingerprint density at radius 3 is 2.27 bits per heavy atom. The Bertz CT molecular complexity index is 384. The predicted octanol–water partition coefficient (Wildman–Crippen LogP) is -0.638. The molecule has 15 heavy (non-hydrogen) atoms. The van der Waals surface area contributed by atoms with Crippen LogP contribution in [-0.4, -0.2) is 28.5 Å². The summed E-state index contributed by atoms with van der Waals surface area (Å²) in [5, 5.41) is 24.7. The number of hydrogen-bond donors (Lipinski definition) is 4. The number of aliphatic hydroxyl groups excluding tert-OH is 1. The molecular weight excluding hydrogens is 196 g/mol. The number of hydrogen-bond acceptors (Lipinski definition) is 4. The molecule has 0 bridgehead atoms. The van der Waals surface area contributed by atoms with E-state index in [4.69, 9.17) is 21.7 Å². The highest BCUT2D eigenvalue weighted by molar-refractivity contribution is 5.98. The molecule has 80 valence electrons. The average molecular weight is 208 g/mol. The molecule has 0 atom stereocenters. The van der Waals surface area contributed by atoms with Crippen LogP contribution in [0.4, 0.5) is 0 Å². The molecule has 0 saturated heterocycles. The van der Waals surface area contributed by atoms with E-state index in [0.29, 0.717) is 5.56 Å². The molecular formula is C9H12N4O2. The maximum Gasteiger partial charge on any atom is 0.153 e. The second-order valence-electron chi connectivity index (χ2n) is 2.78. The molecule has 0 heterocycles. The van der Waals surface area contributed by atoms with Crippen molar-refractivity contribution in [3.8, 4) is 5.75 Å². The van der Waals surface area contributed by atoms with E-state index in [0.717, 1.165) is 0 Å². The van der Waals surface area contributed by atoms with Gasteiger partial charge < -0.3 is 21.7 Å². The van der Waals surface area contributed by atoms with Crippen molar-refractivity contribution in [3.63, 3.8) is 0 Å². The third-order valence-electron chi connectivity index (χ3n) is 1.61. The highest BCUT2D eigenvalue weighted by atomic mass is 16.3. The molecule has 1 aromatic carbocycles. The van der Waals surface area contributed by atoms with Gasteiger partial charge in [0.25, 0.3) is 0 Å². The van der Waals surface area contributed by atoms with Gasteiger partial charge in [0.1, 0.15) is 18.2 Å². The van der Waals surface area contributed by atoms with E-state index in [1.54, 1.807) is 12.1 Å². The normalized spacial score (nSPS) is 12.9. The number of amidine groups is 2. The summed E-state index contributed by atoms with van der Waals surface area (Å²) in [5.74, 6) is 0.285. The van der Waals surface area contributed by atoms with Crippen molar-refractivity contribution in [2.24, 2.45) is 21.7 Å². The van der Waals surface area contributed by atoms with E-state index in [9.17, 15) is 0 Å². The summed E-state index contributed by atoms with van der Waals surface area (Å²) in [7, 11) is 0. The summed E-state index contributed by atoms with van der Waals surface area (Å²) in [6, 6.07) is 6.16. The molecule has 0 fully saturated rings. The Morgan fingerprint density at radius 2 is 1.73 bits per heavy atom. The lowest BCUT2D eigenvalue weighted by Crippen LogP contribution is -2.17. The van der Waals surface area contributed by atoms with E-state index in [2.05, 4.69) is 10.2 Å². The second kappa shape index (κ2) is 4.97. The van der Waals surface area contributed by atoms with E-state index >= 15 is 0 Å². The van der Waals surface area contributed by atoms with Crippen molar-refractivity contribution in [1.29, 1.82) is 0 Å². The number of phenolic OH excluding ortho intramolecular Hbond substituents is 1. The van der Waals surface area contributed by atoms with Gasteiger partial charge in [-0.15, -0.1) is 10.2 Å². The first-order valence-electron chi connectivity index (χ1n) is 4.19. The van der Waals surface area contributed by atoms with E-state index in [1.165, 1.54) is 12.1 Å². The molecule has 6 N–H and O–H groups in total. The molecule has 0 aliphatic rings. The van der Waals surface area contributed by atoms with Crippen LogP contribution in [-0.2, 0) is 0 Å². The number of benzene rings is 1. The smallest absolute Gasteiger partial charge is 0.153 e. The van der Waals surface area contributed by atoms with Crippen molar-refractivity contribution in [2.75, 3.05) is 6.61 Å². The molecule has 6 heteroatoms. The first kappa shape index (κ1) is 11.0. The topological polar surface area (TPSA) is 117 Å². The van der Waals surface area contributed by atoms with Crippen molar-refractivity contribution in [1.82, 2.24) is 0 Å². The zero-order valence-corrected chi connectivity index (χ0v) is 7.96. The molecule has 0 amide bonds. The zero-order chi connectivity index (χ0) is 11.3. The summed E-state index contributed by atoms with van der Waals surface area (Å²) >= 11 is 0. The monoisotopic (exact) mass is 208 g/mol. The highest BCUT2D eigenvalue weighted by Gasteiger charge is 1.97. The summed E-state index contributed by atoms with van der Waals surface area (Å²) in [6.07, 6.45) is 0. The minimum absolute atomic E-state index is 0.0169. The fourth-order valence-corrected chi connectivity index (χ4v) is 0.840. The molecule has 0 aliphatic heterocycles. The predicted molar refractivity (Wildman–Crippen MR) is 57.5 cm³/mol. The number of nitrogens with two attached hydrogens (primary N) is 2. The van der Waals surface area contributed by atoms with Crippen LogP contribution in [0.5, 0.6) is 5.75 Å². The number of aliphatic hydroxyl groups is 1. The van der Waals surface area contributed by atoms with Gasteiger partial charge in [0.2, 0.25) is 0 Å². The van der Waals surface area contributed by atoms with Gasteiger partial charge in [-0.3, -0.25) is 0 Å². The minimum atomic E-state index is -0.369. The van der Waals surface area contributed by atoms with Crippen molar-refractivity contribution >= 4 is 11.7 Å². The van der Waals surface area contributed by atoms with Crippen LogP contribution in [0.25, 0.3) is 0 Å². The van der Waals surface area contributed by atoms with Gasteiger partial charge in [0, 0.05) is 5.56 Å². The summed E-state index contributed by atoms with van der Waals surface area (Å²) < 4.78 is 0. The van der Waals surface area contributed by atoms with Gasteiger partial charge in [-0.25, -0.2) is 0 Å². The van der Waals surface area contributed by atoms with Gasteiger partial charge in [0.05, 0.1) is 0 Å². The lowest BCUT2D eigenvalue weighted by atomic mass is 10.2. The maximum atomic E-state index is 9.03. The molecule has 6 nitrogen and oxygen atoms in total. The molecule has 0 unspecified atom stereocenters. The molecule has 0 saturated carbocycles. The van der Waals surface area contributed by atoms with Gasteiger partial charge >= 0.3 is 0 Å². The Morgan fingerprint density at radius 1 is 1.13 bits per heavy atom. The van der Waals surface area contributed by atoms with Crippen molar-refractivity contribution < 1.29 is 10.2 Å². The largest absolute Gasteiger partial charge is 0.508 e. The van der Waals surface area contributed by atoms with Gasteiger partial charge in [-0.2, -0.15) is 0 Å². The summed E-state index contributed by atoms with van der Waals surface area (Å²) in [5.41, 5.74) is 11.4. The van der Waals surface area contributed by atoms with Crippen molar-refractivity contribution in [3.05, 3.63) is 29.8 Å². The first-order chi connectivity index (χ1) is 7.13. The van der Waals surface area contributed by atoms with Crippen LogP contribution in [0.2, 0.25) is 0 Å². The van der Waals surface area contributed by atoms with Crippen LogP contribution in [0.3, 0.4) is 0 Å². The highest BCUT2D eigenvalue weighted by Crippen LogP contribution is 2.09. The Balaban J connectivity index is 2.85. The van der Waals surface area contributed by atoms with E-state index in [1.807, 2.05) is 0 Å². The standard InChI is InChI=1S/C9H12N4O2/c10-8(5-14)12-13-9(11)6-1-3-7(15)4-2-6/h1-4,14-15H,5H2,(H2,10,12)(H2,11,13). The SMILES string of the molecule is N/C(CO)=N\N=C(/N)c1ccc(O)cc1. The third kappa shape index (κ3) is 3.28. The Kier molecular flexibility index (Phi) is 3.64. The first-order valence-corrected chi connectivity index (χ1v) is 4.19. The molecule has 1 rings (SSSR count). The van der Waals surface area contributed by atoms with Gasteiger partial charge in [-0.1, -0.05) is 0 Å². The van der Waals surface area contributed by atoms with E-state index < -0.39 is 0 Å². The van der Waals surface area contributed by atoms with Crippen LogP contribution in [0.1, 0.15) is 5.56 Å². The van der Waals surface area contributed by atoms with Gasteiger partial charge in [0.15, 0.2) is 5.84 Å². The maximum absolute atomic E-state index is 9.03. The van der Waals surface area contributed by atoms with Crippen LogP contribution < -0.4 is 11.5 Å². The lowest BCUT2D eigenvalue weighted by Gasteiger charge is -1.98. The molecule has 0 radical (unpaired) electrons. The average Bonchev–Trinajstić information content (AvgIpc) is 2.26. The Labute approximate surface area is 86.6 Å². The quantitative estimate of drug-likeness (QED) is 0.300. The fraction of sp³-hybridized carbons (Fsp3) is 0.111. The second-order valence-corrected chi connectivity index (χ2v) is 2.78. The van der Waals surface area contributed by atoms with Crippen LogP contribution >= 0.6 is 0 Å². The number of aromatic hydroxyl groups is 1. The number of phenols is 1. The molecule has 0 spiro atoms. The number of rotatable bonds is 3. The molecule has 0 aromatic heterocycles. The fourth-order valence-electron chi connectivity index (χ4n) is 0.840. The van der Waals surface area contributed by atoms with Crippen LogP contribution in [0, 0.1) is 0 Å². The van der Waals surface area contributed by atoms with Crippen molar-refractivity contribution in [2.45, 2.75) is 0 Å².